The smallest absolute Gasteiger partial charge is 0.274 e. The maximum absolute atomic E-state index is 13.5. The Morgan fingerprint density at radius 3 is 2.31 bits per heavy atom. The number of hydrogen-bond donors (Lipinski definition) is 1. The molecule has 3 aromatic carbocycles. The zero-order chi connectivity index (χ0) is 24.9. The van der Waals surface area contributed by atoms with Gasteiger partial charge in [-0.3, -0.25) is 14.5 Å². The standard InChI is InChI=1S/C29H30N4O3/c1-36-23-15-13-22(14-16-23)26(32-17-7-8-18-32)19-30-28(34)27-24-11-5-6-12-25(24)29(35)33(31-27)20-21-9-3-2-4-10-21/h2-6,9-16,26H,7-8,17-20H2,1H3,(H,30,34)/t26-/m1/s1. The quantitative estimate of drug-likeness (QED) is 0.411. The molecule has 7 heteroatoms. The van der Waals surface area contributed by atoms with Gasteiger partial charge in [-0.1, -0.05) is 60.7 Å². The van der Waals surface area contributed by atoms with E-state index in [2.05, 4.69) is 27.4 Å². The van der Waals surface area contributed by atoms with Crippen LogP contribution in [-0.2, 0) is 6.54 Å². The van der Waals surface area contributed by atoms with Gasteiger partial charge < -0.3 is 10.1 Å². The van der Waals surface area contributed by atoms with Gasteiger partial charge >= 0.3 is 0 Å². The van der Waals surface area contributed by atoms with E-state index in [1.807, 2.05) is 54.6 Å². The van der Waals surface area contributed by atoms with Crippen molar-refractivity contribution in [2.24, 2.45) is 0 Å². The lowest BCUT2D eigenvalue weighted by atomic mass is 10.0. The summed E-state index contributed by atoms with van der Waals surface area (Å²) in [7, 11) is 1.65. The number of nitrogens with zero attached hydrogens (tertiary/aromatic N) is 3. The Morgan fingerprint density at radius 1 is 0.944 bits per heavy atom. The highest BCUT2D eigenvalue weighted by molar-refractivity contribution is 6.04. The minimum Gasteiger partial charge on any atom is -0.497 e. The van der Waals surface area contributed by atoms with E-state index in [0.717, 1.165) is 42.8 Å². The number of nitrogens with one attached hydrogen (secondary N) is 1. The lowest BCUT2D eigenvalue weighted by Gasteiger charge is -2.28. The van der Waals surface area contributed by atoms with Gasteiger partial charge in [0.05, 0.1) is 25.1 Å². The maximum atomic E-state index is 13.5. The number of amides is 1. The summed E-state index contributed by atoms with van der Waals surface area (Å²) in [5.41, 5.74) is 2.13. The largest absolute Gasteiger partial charge is 0.497 e. The van der Waals surface area contributed by atoms with Gasteiger partial charge in [0.1, 0.15) is 5.75 Å². The van der Waals surface area contributed by atoms with Crippen LogP contribution in [0.5, 0.6) is 5.75 Å². The highest BCUT2D eigenvalue weighted by Crippen LogP contribution is 2.26. The predicted octanol–water partition coefficient (Wildman–Crippen LogP) is 4.02. The molecule has 0 aliphatic carbocycles. The van der Waals surface area contributed by atoms with Crippen molar-refractivity contribution in [3.05, 3.63) is 106 Å². The van der Waals surface area contributed by atoms with E-state index in [4.69, 9.17) is 4.74 Å². The van der Waals surface area contributed by atoms with Gasteiger partial charge in [0.25, 0.3) is 11.5 Å². The number of ether oxygens (including phenoxy) is 1. The summed E-state index contributed by atoms with van der Waals surface area (Å²) in [5.74, 6) is 0.519. The zero-order valence-electron chi connectivity index (χ0n) is 20.4. The van der Waals surface area contributed by atoms with E-state index in [-0.39, 0.29) is 23.2 Å². The number of carbonyl (C=O) groups excluding carboxylic acids is 1. The average molecular weight is 483 g/mol. The lowest BCUT2D eigenvalue weighted by molar-refractivity contribution is 0.0932. The summed E-state index contributed by atoms with van der Waals surface area (Å²) in [5, 5.41) is 8.69. The topological polar surface area (TPSA) is 76.5 Å². The molecule has 1 atom stereocenters. The highest BCUT2D eigenvalue weighted by atomic mass is 16.5. The Morgan fingerprint density at radius 2 is 1.61 bits per heavy atom. The van der Waals surface area contributed by atoms with Crippen LogP contribution < -0.4 is 15.6 Å². The van der Waals surface area contributed by atoms with Gasteiger partial charge in [-0.25, -0.2) is 4.68 Å². The molecule has 4 aromatic rings. The number of benzene rings is 3. The van der Waals surface area contributed by atoms with Crippen molar-refractivity contribution in [2.75, 3.05) is 26.7 Å². The van der Waals surface area contributed by atoms with Crippen LogP contribution in [0.1, 0.15) is 40.5 Å². The lowest BCUT2D eigenvalue weighted by Crippen LogP contribution is -2.38. The van der Waals surface area contributed by atoms with E-state index in [9.17, 15) is 9.59 Å². The molecular formula is C29H30N4O3. The highest BCUT2D eigenvalue weighted by Gasteiger charge is 2.25. The summed E-state index contributed by atoms with van der Waals surface area (Å²) in [4.78, 5) is 29.0. The SMILES string of the molecule is COc1ccc([C@@H](CNC(=O)c2nn(Cc3ccccc3)c(=O)c3ccccc23)N2CCCC2)cc1. The summed E-state index contributed by atoms with van der Waals surface area (Å²) in [6.45, 7) is 2.73. The molecule has 2 heterocycles. The number of hydrogen-bond acceptors (Lipinski definition) is 5. The van der Waals surface area contributed by atoms with E-state index in [1.165, 1.54) is 4.68 Å². The number of methoxy groups -OCH3 is 1. The first kappa shape index (κ1) is 23.8. The van der Waals surface area contributed by atoms with Crippen LogP contribution in [0, 0.1) is 0 Å². The van der Waals surface area contributed by atoms with Crippen molar-refractivity contribution in [1.82, 2.24) is 20.0 Å². The zero-order valence-corrected chi connectivity index (χ0v) is 20.4. The first-order valence-electron chi connectivity index (χ1n) is 12.3. The second kappa shape index (κ2) is 10.7. The summed E-state index contributed by atoms with van der Waals surface area (Å²) < 4.78 is 6.70. The number of aromatic nitrogens is 2. The first-order valence-corrected chi connectivity index (χ1v) is 12.3. The molecule has 1 amide bonds. The molecule has 1 aliphatic heterocycles. The molecule has 0 saturated carbocycles. The van der Waals surface area contributed by atoms with Gasteiger partial charge in [0, 0.05) is 11.9 Å². The number of rotatable bonds is 8. The van der Waals surface area contributed by atoms with Crippen molar-refractivity contribution in [1.29, 1.82) is 0 Å². The molecule has 5 rings (SSSR count). The van der Waals surface area contributed by atoms with Crippen LogP contribution in [0.25, 0.3) is 10.8 Å². The Hall–Kier alpha value is -3.97. The normalized spacial score (nSPS) is 14.6. The van der Waals surface area contributed by atoms with Gasteiger partial charge in [-0.05, 0) is 55.3 Å². The fraction of sp³-hybridized carbons (Fsp3) is 0.276. The van der Waals surface area contributed by atoms with Gasteiger partial charge in [-0.15, -0.1) is 0 Å². The predicted molar refractivity (Wildman–Crippen MR) is 140 cm³/mol. The van der Waals surface area contributed by atoms with Crippen molar-refractivity contribution in [3.8, 4) is 5.75 Å². The van der Waals surface area contributed by atoms with Crippen LogP contribution in [0.4, 0.5) is 0 Å². The van der Waals surface area contributed by atoms with Crippen LogP contribution in [-0.4, -0.2) is 47.3 Å². The second-order valence-electron chi connectivity index (χ2n) is 9.08. The Kier molecular flexibility index (Phi) is 7.09. The molecule has 0 unspecified atom stereocenters. The molecule has 36 heavy (non-hydrogen) atoms. The maximum Gasteiger partial charge on any atom is 0.274 e. The van der Waals surface area contributed by atoms with Crippen molar-refractivity contribution >= 4 is 16.7 Å². The third kappa shape index (κ3) is 5.02. The molecule has 1 N–H and O–H groups in total. The summed E-state index contributed by atoms with van der Waals surface area (Å²) in [6.07, 6.45) is 2.30. The fourth-order valence-corrected chi connectivity index (χ4v) is 4.88. The Labute approximate surface area is 210 Å². The van der Waals surface area contributed by atoms with Crippen molar-refractivity contribution in [3.63, 3.8) is 0 Å². The molecule has 0 radical (unpaired) electrons. The number of fused-ring (bicyclic) bond motifs is 1. The molecular weight excluding hydrogens is 452 g/mol. The molecule has 1 aromatic heterocycles. The number of likely N-dealkylation sites (tertiary alicyclic amines) is 1. The van der Waals surface area contributed by atoms with E-state index in [1.54, 1.807) is 19.2 Å². The third-order valence-corrected chi connectivity index (χ3v) is 6.80. The molecule has 1 saturated heterocycles. The average Bonchev–Trinajstić information content (AvgIpc) is 3.46. The van der Waals surface area contributed by atoms with E-state index >= 15 is 0 Å². The van der Waals surface area contributed by atoms with Crippen LogP contribution in [0.15, 0.2) is 83.7 Å². The minimum atomic E-state index is -0.286. The van der Waals surface area contributed by atoms with E-state index in [0.29, 0.717) is 23.9 Å². The number of carbonyl (C=O) groups is 1. The molecule has 0 spiro atoms. The van der Waals surface area contributed by atoms with Gasteiger partial charge in [-0.2, -0.15) is 5.10 Å². The van der Waals surface area contributed by atoms with Crippen LogP contribution >= 0.6 is 0 Å². The Bertz CT molecular complexity index is 1390. The summed E-state index contributed by atoms with van der Waals surface area (Å²) >= 11 is 0. The molecule has 0 bridgehead atoms. The van der Waals surface area contributed by atoms with Crippen LogP contribution in [0.2, 0.25) is 0 Å². The van der Waals surface area contributed by atoms with Gasteiger partial charge in [0.15, 0.2) is 5.69 Å². The second-order valence-corrected chi connectivity index (χ2v) is 9.08. The molecule has 184 valence electrons. The first-order chi connectivity index (χ1) is 17.6. The third-order valence-electron chi connectivity index (χ3n) is 6.80. The Balaban J connectivity index is 1.44. The molecule has 1 aliphatic rings. The van der Waals surface area contributed by atoms with Crippen LogP contribution in [0.3, 0.4) is 0 Å². The van der Waals surface area contributed by atoms with Crippen molar-refractivity contribution < 1.29 is 9.53 Å². The monoisotopic (exact) mass is 482 g/mol. The summed E-state index contributed by atoms with van der Waals surface area (Å²) in [6, 6.07) is 24.9. The van der Waals surface area contributed by atoms with Gasteiger partial charge in [0.2, 0.25) is 0 Å². The van der Waals surface area contributed by atoms with Crippen molar-refractivity contribution in [2.45, 2.75) is 25.4 Å². The minimum absolute atomic E-state index is 0.0452. The fourth-order valence-electron chi connectivity index (χ4n) is 4.88. The molecule has 1 fully saturated rings. The molecule has 7 nitrogen and oxygen atoms in total. The van der Waals surface area contributed by atoms with E-state index < -0.39 is 0 Å².